The van der Waals surface area contributed by atoms with Gasteiger partial charge in [0.15, 0.2) is 0 Å². The molecule has 0 aromatic heterocycles. The van der Waals surface area contributed by atoms with Crippen molar-refractivity contribution < 1.29 is 9.53 Å². The molecule has 6 heteroatoms. The minimum atomic E-state index is -0.171. The number of nitrogens with zero attached hydrogens (tertiary/aromatic N) is 1. The molecule has 2 aromatic rings. The fourth-order valence-electron chi connectivity index (χ4n) is 1.98. The SMILES string of the molecule is CC(C)Oc1ccc(Br)cc1/C=N/NC(=O)Cc1ccc(Br)cc1. The van der Waals surface area contributed by atoms with Crippen LogP contribution in [0.3, 0.4) is 0 Å². The summed E-state index contributed by atoms with van der Waals surface area (Å²) < 4.78 is 7.64. The minimum Gasteiger partial charge on any atom is -0.490 e. The number of hydrogen-bond acceptors (Lipinski definition) is 3. The normalized spacial score (nSPS) is 11.0. The average molecular weight is 454 g/mol. The van der Waals surface area contributed by atoms with Gasteiger partial charge in [0.25, 0.3) is 0 Å². The van der Waals surface area contributed by atoms with Gasteiger partial charge in [-0.05, 0) is 49.7 Å². The summed E-state index contributed by atoms with van der Waals surface area (Å²) in [4.78, 5) is 11.9. The molecule has 24 heavy (non-hydrogen) atoms. The van der Waals surface area contributed by atoms with Gasteiger partial charge in [-0.3, -0.25) is 4.79 Å². The maximum atomic E-state index is 11.9. The van der Waals surface area contributed by atoms with Crippen molar-refractivity contribution in [1.29, 1.82) is 0 Å². The van der Waals surface area contributed by atoms with Crippen LogP contribution in [0.4, 0.5) is 0 Å². The van der Waals surface area contributed by atoms with E-state index in [1.807, 2.05) is 56.3 Å². The molecule has 4 nitrogen and oxygen atoms in total. The fourth-order valence-corrected chi connectivity index (χ4v) is 2.63. The van der Waals surface area contributed by atoms with Gasteiger partial charge in [-0.25, -0.2) is 5.43 Å². The largest absolute Gasteiger partial charge is 0.490 e. The van der Waals surface area contributed by atoms with E-state index in [9.17, 15) is 4.79 Å². The maximum Gasteiger partial charge on any atom is 0.244 e. The lowest BCUT2D eigenvalue weighted by atomic mass is 10.1. The van der Waals surface area contributed by atoms with Gasteiger partial charge in [-0.15, -0.1) is 0 Å². The average Bonchev–Trinajstić information content (AvgIpc) is 2.52. The number of hydrazone groups is 1. The molecule has 0 heterocycles. The van der Waals surface area contributed by atoms with Gasteiger partial charge in [-0.1, -0.05) is 44.0 Å². The third kappa shape index (κ3) is 6.09. The van der Waals surface area contributed by atoms with Gasteiger partial charge in [-0.2, -0.15) is 5.10 Å². The molecule has 0 unspecified atom stereocenters. The molecule has 126 valence electrons. The van der Waals surface area contributed by atoms with Gasteiger partial charge in [0, 0.05) is 14.5 Å². The van der Waals surface area contributed by atoms with Crippen LogP contribution < -0.4 is 10.2 Å². The van der Waals surface area contributed by atoms with Crippen LogP contribution in [0.25, 0.3) is 0 Å². The Morgan fingerprint density at radius 3 is 2.50 bits per heavy atom. The number of ether oxygens (including phenoxy) is 1. The Balaban J connectivity index is 1.99. The van der Waals surface area contributed by atoms with Crippen molar-refractivity contribution in [2.75, 3.05) is 0 Å². The van der Waals surface area contributed by atoms with Crippen LogP contribution in [0.15, 0.2) is 56.5 Å². The molecule has 2 rings (SSSR count). The minimum absolute atomic E-state index is 0.0605. The first-order valence-corrected chi connectivity index (χ1v) is 9.05. The molecule has 0 saturated carbocycles. The van der Waals surface area contributed by atoms with E-state index in [2.05, 4.69) is 42.4 Å². The third-order valence-corrected chi connectivity index (χ3v) is 4.03. The van der Waals surface area contributed by atoms with E-state index in [0.29, 0.717) is 0 Å². The van der Waals surface area contributed by atoms with Crippen molar-refractivity contribution in [3.8, 4) is 5.75 Å². The molecule has 0 spiro atoms. The summed E-state index contributed by atoms with van der Waals surface area (Å²) >= 11 is 6.79. The summed E-state index contributed by atoms with van der Waals surface area (Å²) in [6.45, 7) is 3.92. The molecule has 2 aromatic carbocycles. The third-order valence-electron chi connectivity index (χ3n) is 3.01. The zero-order valence-electron chi connectivity index (χ0n) is 13.4. The molecular formula is C18H18Br2N2O2. The number of benzene rings is 2. The lowest BCUT2D eigenvalue weighted by Crippen LogP contribution is -2.19. The van der Waals surface area contributed by atoms with Crippen LogP contribution in [-0.2, 0) is 11.2 Å². The Kier molecular flexibility index (Phi) is 6.99. The van der Waals surface area contributed by atoms with Crippen LogP contribution in [0.1, 0.15) is 25.0 Å². The topological polar surface area (TPSA) is 50.7 Å². The summed E-state index contributed by atoms with van der Waals surface area (Å²) in [5.41, 5.74) is 4.26. The summed E-state index contributed by atoms with van der Waals surface area (Å²) in [5.74, 6) is 0.550. The van der Waals surface area contributed by atoms with Crippen LogP contribution in [0.2, 0.25) is 0 Å². The quantitative estimate of drug-likeness (QED) is 0.509. The van der Waals surface area contributed by atoms with E-state index in [-0.39, 0.29) is 18.4 Å². The Hall–Kier alpha value is -1.66. The second-order valence-corrected chi connectivity index (χ2v) is 7.28. The highest BCUT2D eigenvalue weighted by molar-refractivity contribution is 9.10. The summed E-state index contributed by atoms with van der Waals surface area (Å²) in [6, 6.07) is 13.3. The van der Waals surface area contributed by atoms with Crippen molar-refractivity contribution in [1.82, 2.24) is 5.43 Å². The number of nitrogens with one attached hydrogen (secondary N) is 1. The van der Waals surface area contributed by atoms with E-state index in [0.717, 1.165) is 25.8 Å². The lowest BCUT2D eigenvalue weighted by Gasteiger charge is -2.12. The van der Waals surface area contributed by atoms with Gasteiger partial charge in [0.05, 0.1) is 18.7 Å². The Morgan fingerprint density at radius 1 is 1.17 bits per heavy atom. The number of amides is 1. The number of halogens is 2. The van der Waals surface area contributed by atoms with E-state index in [1.54, 1.807) is 6.21 Å². The van der Waals surface area contributed by atoms with Crippen molar-refractivity contribution >= 4 is 44.0 Å². The van der Waals surface area contributed by atoms with E-state index < -0.39 is 0 Å². The smallest absolute Gasteiger partial charge is 0.244 e. The predicted molar refractivity (Wildman–Crippen MR) is 103 cm³/mol. The second-order valence-electron chi connectivity index (χ2n) is 5.45. The van der Waals surface area contributed by atoms with E-state index in [1.165, 1.54) is 0 Å². The standard InChI is InChI=1S/C18H18Br2N2O2/c1-12(2)24-17-8-7-16(20)10-14(17)11-21-22-18(23)9-13-3-5-15(19)6-4-13/h3-8,10-12H,9H2,1-2H3,(H,22,23)/b21-11+. The fraction of sp³-hybridized carbons (Fsp3) is 0.222. The number of hydrogen-bond donors (Lipinski definition) is 1. The maximum absolute atomic E-state index is 11.9. The van der Waals surface area contributed by atoms with Gasteiger partial charge < -0.3 is 4.74 Å². The van der Waals surface area contributed by atoms with Crippen LogP contribution in [0.5, 0.6) is 5.75 Å². The Morgan fingerprint density at radius 2 is 1.83 bits per heavy atom. The molecular weight excluding hydrogens is 436 g/mol. The first kappa shape index (κ1) is 18.7. The summed E-state index contributed by atoms with van der Waals surface area (Å²) in [6.07, 6.45) is 1.92. The molecule has 0 radical (unpaired) electrons. The molecule has 0 aliphatic rings. The lowest BCUT2D eigenvalue weighted by molar-refractivity contribution is -0.120. The zero-order valence-corrected chi connectivity index (χ0v) is 16.6. The van der Waals surface area contributed by atoms with Gasteiger partial charge in [0.1, 0.15) is 5.75 Å². The van der Waals surface area contributed by atoms with Crippen molar-refractivity contribution in [3.63, 3.8) is 0 Å². The molecule has 0 fully saturated rings. The Bertz CT molecular complexity index is 728. The molecule has 0 atom stereocenters. The molecule has 1 N–H and O–H groups in total. The zero-order chi connectivity index (χ0) is 17.5. The molecule has 0 saturated heterocycles. The first-order valence-electron chi connectivity index (χ1n) is 7.46. The second kappa shape index (κ2) is 8.99. The van der Waals surface area contributed by atoms with E-state index >= 15 is 0 Å². The van der Waals surface area contributed by atoms with Crippen LogP contribution >= 0.6 is 31.9 Å². The van der Waals surface area contributed by atoms with Crippen molar-refractivity contribution in [2.24, 2.45) is 5.10 Å². The van der Waals surface area contributed by atoms with Crippen molar-refractivity contribution in [2.45, 2.75) is 26.4 Å². The van der Waals surface area contributed by atoms with Crippen LogP contribution in [0, 0.1) is 0 Å². The Labute approximate surface area is 158 Å². The predicted octanol–water partition coefficient (Wildman–Crippen LogP) is 4.69. The van der Waals surface area contributed by atoms with E-state index in [4.69, 9.17) is 4.74 Å². The van der Waals surface area contributed by atoms with Crippen LogP contribution in [-0.4, -0.2) is 18.2 Å². The van der Waals surface area contributed by atoms with Gasteiger partial charge in [0.2, 0.25) is 5.91 Å². The highest BCUT2D eigenvalue weighted by Gasteiger charge is 2.06. The number of rotatable bonds is 6. The molecule has 0 bridgehead atoms. The molecule has 0 aliphatic heterocycles. The van der Waals surface area contributed by atoms with Crippen molar-refractivity contribution in [3.05, 3.63) is 62.5 Å². The summed E-state index contributed by atoms with van der Waals surface area (Å²) in [5, 5.41) is 4.03. The molecule has 1 amide bonds. The highest BCUT2D eigenvalue weighted by atomic mass is 79.9. The monoisotopic (exact) mass is 452 g/mol. The molecule has 0 aliphatic carbocycles. The van der Waals surface area contributed by atoms with Gasteiger partial charge >= 0.3 is 0 Å². The first-order chi connectivity index (χ1) is 11.4. The summed E-state index contributed by atoms with van der Waals surface area (Å²) in [7, 11) is 0. The number of carbonyl (C=O) groups is 1. The number of carbonyl (C=O) groups excluding carboxylic acids is 1. The highest BCUT2D eigenvalue weighted by Crippen LogP contribution is 2.22.